The van der Waals surface area contributed by atoms with Gasteiger partial charge >= 0.3 is 7.12 Å². The summed E-state index contributed by atoms with van der Waals surface area (Å²) in [5, 5.41) is 26.1. The van der Waals surface area contributed by atoms with E-state index in [-0.39, 0.29) is 0 Å². The predicted molar refractivity (Wildman–Crippen MR) is 171 cm³/mol. The zero-order valence-electron chi connectivity index (χ0n) is 22.3. The quantitative estimate of drug-likeness (QED) is 0.222. The Kier molecular flexibility index (Phi) is 4.80. The molecule has 3 heterocycles. The second kappa shape index (κ2) is 8.60. The molecule has 0 spiro atoms. The zero-order valence-corrected chi connectivity index (χ0v) is 22.3. The topological polar surface area (TPSA) is 71.7 Å². The highest BCUT2D eigenvalue weighted by atomic mass is 16.4. The summed E-state index contributed by atoms with van der Waals surface area (Å²) in [7, 11) is -1.62. The van der Waals surface area contributed by atoms with E-state index >= 15 is 0 Å². The molecule has 9 aromatic rings. The first-order chi connectivity index (χ1) is 20.7. The maximum absolute atomic E-state index is 9.96. The van der Waals surface area contributed by atoms with Crippen molar-refractivity contribution in [2.45, 2.75) is 0 Å². The first-order valence-corrected chi connectivity index (χ1v) is 13.9. The fourth-order valence-electron chi connectivity index (χ4n) is 6.57. The number of rotatable bonds is 3. The van der Waals surface area contributed by atoms with Gasteiger partial charge in [0.25, 0.3) is 0 Å². The van der Waals surface area contributed by atoms with Gasteiger partial charge in [-0.2, -0.15) is 0 Å². The molecule has 42 heavy (non-hydrogen) atoms. The highest BCUT2D eigenvalue weighted by molar-refractivity contribution is 6.61. The summed E-state index contributed by atoms with van der Waals surface area (Å²) in [5.74, 6) is 0. The van der Waals surface area contributed by atoms with Crippen LogP contribution in [0.1, 0.15) is 0 Å². The van der Waals surface area contributed by atoms with E-state index in [1.165, 1.54) is 0 Å². The number of benzene rings is 6. The lowest BCUT2D eigenvalue weighted by molar-refractivity contribution is 0.425. The van der Waals surface area contributed by atoms with Crippen molar-refractivity contribution in [3.8, 4) is 16.8 Å². The molecule has 0 bridgehead atoms. The molecular weight excluding hydrogens is 521 g/mol. The Balaban J connectivity index is 1.37. The van der Waals surface area contributed by atoms with Gasteiger partial charge in [-0.05, 0) is 42.0 Å². The summed E-state index contributed by atoms with van der Waals surface area (Å²) < 4.78 is 15.2. The smallest absolute Gasteiger partial charge is 0.456 e. The molecule has 0 amide bonds. The van der Waals surface area contributed by atoms with Crippen LogP contribution in [0.25, 0.3) is 82.5 Å². The molecule has 6 heteroatoms. The molecule has 0 fully saturated rings. The van der Waals surface area contributed by atoms with E-state index in [0.717, 1.165) is 71.3 Å². The Morgan fingerprint density at radius 3 is 2.10 bits per heavy atom. The van der Waals surface area contributed by atoms with Crippen LogP contribution in [-0.2, 0) is 0 Å². The highest BCUT2D eigenvalue weighted by Crippen LogP contribution is 2.42. The monoisotopic (exact) mass is 543 g/mol. The van der Waals surface area contributed by atoms with Gasteiger partial charge in [-0.3, -0.25) is 0 Å². The van der Waals surface area contributed by atoms with Crippen molar-refractivity contribution in [2.24, 2.45) is 0 Å². The van der Waals surface area contributed by atoms with Crippen LogP contribution in [-0.4, -0.2) is 21.7 Å². The maximum atomic E-state index is 9.96. The van der Waals surface area contributed by atoms with Crippen molar-refractivity contribution in [1.82, 2.24) is 4.57 Å². The Labute approximate surface area is 239 Å². The SMILES string of the molecule is OB(O)c1cccc2c1oc1c(-c3ccc4c(c3)c3ccc5c6ccccc6oc5c3n4-c3ccccc3)cccc12. The molecule has 198 valence electrons. The van der Waals surface area contributed by atoms with Gasteiger partial charge in [0, 0.05) is 49.0 Å². The number of furan rings is 2. The van der Waals surface area contributed by atoms with Crippen molar-refractivity contribution in [3.63, 3.8) is 0 Å². The van der Waals surface area contributed by atoms with E-state index < -0.39 is 7.12 Å². The number of aromatic nitrogens is 1. The van der Waals surface area contributed by atoms with Crippen molar-refractivity contribution >= 4 is 78.3 Å². The third kappa shape index (κ3) is 3.16. The Morgan fingerprint density at radius 2 is 1.24 bits per heavy atom. The van der Waals surface area contributed by atoms with Crippen LogP contribution < -0.4 is 5.46 Å². The Hall–Kier alpha value is -5.30. The molecule has 0 saturated carbocycles. The van der Waals surface area contributed by atoms with Gasteiger partial charge in [0.2, 0.25) is 0 Å². The largest absolute Gasteiger partial charge is 0.492 e. The summed E-state index contributed by atoms with van der Waals surface area (Å²) >= 11 is 0. The highest BCUT2D eigenvalue weighted by Gasteiger charge is 2.22. The number of fused-ring (bicyclic) bond motifs is 10. The minimum Gasteiger partial charge on any atom is -0.456 e. The molecule has 9 rings (SSSR count). The zero-order chi connectivity index (χ0) is 27.9. The molecule has 0 aliphatic carbocycles. The molecular formula is C36H22BNO4. The molecule has 3 aromatic heterocycles. The van der Waals surface area contributed by atoms with Crippen molar-refractivity contribution in [3.05, 3.63) is 121 Å². The van der Waals surface area contributed by atoms with Crippen LogP contribution in [0.2, 0.25) is 0 Å². The van der Waals surface area contributed by atoms with E-state index in [1.54, 1.807) is 6.07 Å². The lowest BCUT2D eigenvalue weighted by Gasteiger charge is -2.08. The summed E-state index contributed by atoms with van der Waals surface area (Å²) in [5.41, 5.74) is 8.42. The van der Waals surface area contributed by atoms with Crippen molar-refractivity contribution in [1.29, 1.82) is 0 Å². The van der Waals surface area contributed by atoms with Crippen LogP contribution in [0.15, 0.2) is 130 Å². The second-order valence-electron chi connectivity index (χ2n) is 10.7. The summed E-state index contributed by atoms with van der Waals surface area (Å²) in [4.78, 5) is 0. The Bertz CT molecular complexity index is 2500. The molecule has 0 aliphatic heterocycles. The fraction of sp³-hybridized carbons (Fsp3) is 0. The van der Waals surface area contributed by atoms with Crippen molar-refractivity contribution < 1.29 is 18.9 Å². The van der Waals surface area contributed by atoms with Gasteiger partial charge in [-0.15, -0.1) is 0 Å². The molecule has 0 saturated heterocycles. The predicted octanol–water partition coefficient (Wildman–Crippen LogP) is 7.93. The van der Waals surface area contributed by atoms with E-state index in [4.69, 9.17) is 8.83 Å². The summed E-state index contributed by atoms with van der Waals surface area (Å²) in [6, 6.07) is 40.9. The molecule has 0 aliphatic rings. The van der Waals surface area contributed by atoms with Crippen LogP contribution in [0, 0.1) is 0 Å². The van der Waals surface area contributed by atoms with Gasteiger partial charge in [-0.25, -0.2) is 0 Å². The molecule has 0 atom stereocenters. The minimum absolute atomic E-state index is 0.353. The lowest BCUT2D eigenvalue weighted by Crippen LogP contribution is -2.29. The van der Waals surface area contributed by atoms with Crippen LogP contribution in [0.5, 0.6) is 0 Å². The third-order valence-corrected chi connectivity index (χ3v) is 8.43. The van der Waals surface area contributed by atoms with Gasteiger partial charge in [-0.1, -0.05) is 84.9 Å². The normalized spacial score (nSPS) is 12.0. The minimum atomic E-state index is -1.62. The van der Waals surface area contributed by atoms with E-state index in [1.807, 2.05) is 48.5 Å². The molecule has 0 radical (unpaired) electrons. The Morgan fingerprint density at radius 1 is 0.524 bits per heavy atom. The molecule has 5 nitrogen and oxygen atoms in total. The summed E-state index contributed by atoms with van der Waals surface area (Å²) in [6.45, 7) is 0. The van der Waals surface area contributed by atoms with Gasteiger partial charge in [0.1, 0.15) is 16.7 Å². The average molecular weight is 543 g/mol. The number of para-hydroxylation sites is 4. The van der Waals surface area contributed by atoms with Gasteiger partial charge < -0.3 is 23.4 Å². The van der Waals surface area contributed by atoms with Crippen molar-refractivity contribution in [2.75, 3.05) is 0 Å². The fourth-order valence-corrected chi connectivity index (χ4v) is 6.57. The number of hydrogen-bond donors (Lipinski definition) is 2. The van der Waals surface area contributed by atoms with E-state index in [2.05, 4.69) is 71.3 Å². The van der Waals surface area contributed by atoms with Gasteiger partial charge in [0.05, 0.1) is 11.0 Å². The van der Waals surface area contributed by atoms with Gasteiger partial charge in [0.15, 0.2) is 5.58 Å². The second-order valence-corrected chi connectivity index (χ2v) is 10.7. The first-order valence-electron chi connectivity index (χ1n) is 13.9. The average Bonchev–Trinajstić information content (AvgIpc) is 3.70. The van der Waals surface area contributed by atoms with Crippen LogP contribution in [0.4, 0.5) is 0 Å². The maximum Gasteiger partial charge on any atom is 0.492 e. The molecule has 6 aromatic carbocycles. The number of hydrogen-bond acceptors (Lipinski definition) is 4. The van der Waals surface area contributed by atoms with Crippen LogP contribution >= 0.6 is 0 Å². The standard InChI is InChI=1S/C36H22BNO4/c39-37(40)30-14-7-13-27-26-12-6-11-23(34(26)42-35(27)30)21-16-19-31-29(20-21)25-17-18-28-24-10-4-5-15-32(24)41-36(28)33(25)38(31)22-8-2-1-3-9-22/h1-20,39-40H. The lowest BCUT2D eigenvalue weighted by atomic mass is 9.79. The first kappa shape index (κ1) is 23.4. The number of nitrogens with zero attached hydrogens (tertiary/aromatic N) is 1. The molecule has 2 N–H and O–H groups in total. The van der Waals surface area contributed by atoms with E-state index in [0.29, 0.717) is 16.6 Å². The van der Waals surface area contributed by atoms with E-state index in [9.17, 15) is 10.0 Å². The summed E-state index contributed by atoms with van der Waals surface area (Å²) in [6.07, 6.45) is 0. The molecule has 0 unspecified atom stereocenters. The third-order valence-electron chi connectivity index (χ3n) is 8.43. The van der Waals surface area contributed by atoms with Crippen LogP contribution in [0.3, 0.4) is 0 Å².